The number of ether oxygens (including phenoxy) is 2. The third kappa shape index (κ3) is 5.39. The number of benzene rings is 1. The fourth-order valence-corrected chi connectivity index (χ4v) is 4.99. The molecule has 0 atom stereocenters. The fraction of sp³-hybridized carbons (Fsp3) is 0.526. The summed E-state index contributed by atoms with van der Waals surface area (Å²) in [5.74, 6) is 0.509. The van der Waals surface area contributed by atoms with E-state index in [1.165, 1.54) is 11.8 Å². The van der Waals surface area contributed by atoms with Crippen LogP contribution >= 0.6 is 23.1 Å². The molecule has 0 unspecified atom stereocenters. The Balaban J connectivity index is 1.28. The minimum Gasteiger partial charge on any atom is -0.378 e. The van der Waals surface area contributed by atoms with Crippen molar-refractivity contribution in [1.82, 2.24) is 9.88 Å². The zero-order chi connectivity index (χ0) is 20.1. The van der Waals surface area contributed by atoms with Crippen molar-refractivity contribution in [1.29, 1.82) is 0 Å². The summed E-state index contributed by atoms with van der Waals surface area (Å²) in [6, 6.07) is 5.76. The van der Waals surface area contributed by atoms with Crippen LogP contribution in [-0.2, 0) is 19.1 Å². The number of rotatable bonds is 6. The van der Waals surface area contributed by atoms with Gasteiger partial charge in [0, 0.05) is 31.9 Å². The molecular formula is C19H24N4O4S2. The van der Waals surface area contributed by atoms with E-state index in [1.807, 2.05) is 18.2 Å². The Hall–Kier alpha value is -1.88. The van der Waals surface area contributed by atoms with Crippen molar-refractivity contribution in [3.63, 3.8) is 0 Å². The number of carbonyl (C=O) groups is 2. The number of carbonyl (C=O) groups excluding carboxylic acids is 2. The molecule has 29 heavy (non-hydrogen) atoms. The molecule has 1 aromatic carbocycles. The van der Waals surface area contributed by atoms with Gasteiger partial charge in [-0.25, -0.2) is 4.98 Å². The quantitative estimate of drug-likeness (QED) is 0.737. The molecule has 0 spiro atoms. The minimum absolute atomic E-state index is 0.0628. The summed E-state index contributed by atoms with van der Waals surface area (Å²) < 4.78 is 11.7. The highest BCUT2D eigenvalue weighted by Gasteiger charge is 2.18. The van der Waals surface area contributed by atoms with E-state index in [2.05, 4.69) is 10.2 Å². The van der Waals surface area contributed by atoms with Crippen molar-refractivity contribution >= 4 is 55.9 Å². The van der Waals surface area contributed by atoms with Crippen LogP contribution in [0.25, 0.3) is 10.2 Å². The number of thiazole rings is 1. The molecule has 0 bridgehead atoms. The summed E-state index contributed by atoms with van der Waals surface area (Å²) in [6.45, 7) is 5.59. The van der Waals surface area contributed by atoms with Gasteiger partial charge in [0.25, 0.3) is 0 Å². The molecule has 2 aliphatic heterocycles. The van der Waals surface area contributed by atoms with Crippen LogP contribution in [0.4, 0.5) is 10.8 Å². The smallest absolute Gasteiger partial charge is 0.234 e. The first kappa shape index (κ1) is 20.4. The van der Waals surface area contributed by atoms with Crippen molar-refractivity contribution < 1.29 is 19.1 Å². The Kier molecular flexibility index (Phi) is 6.86. The summed E-state index contributed by atoms with van der Waals surface area (Å²) >= 11 is 2.96. The average molecular weight is 437 g/mol. The summed E-state index contributed by atoms with van der Waals surface area (Å²) in [5.41, 5.74) is 1.68. The zero-order valence-corrected chi connectivity index (χ0v) is 17.7. The van der Waals surface area contributed by atoms with Crippen LogP contribution in [0.5, 0.6) is 0 Å². The lowest BCUT2D eigenvalue weighted by Crippen LogP contribution is -2.41. The number of aromatic nitrogens is 1. The molecule has 2 fully saturated rings. The van der Waals surface area contributed by atoms with E-state index in [0.29, 0.717) is 32.1 Å². The lowest BCUT2D eigenvalue weighted by atomic mass is 10.3. The van der Waals surface area contributed by atoms with Crippen LogP contribution in [0.1, 0.15) is 0 Å². The van der Waals surface area contributed by atoms with Crippen molar-refractivity contribution in [3.05, 3.63) is 18.2 Å². The van der Waals surface area contributed by atoms with E-state index < -0.39 is 0 Å². The number of hydrogen-bond acceptors (Lipinski definition) is 8. The van der Waals surface area contributed by atoms with Gasteiger partial charge in [-0.2, -0.15) is 0 Å². The predicted octanol–water partition coefficient (Wildman–Crippen LogP) is 1.66. The largest absolute Gasteiger partial charge is 0.378 e. The monoisotopic (exact) mass is 436 g/mol. The number of fused-ring (bicyclic) bond motifs is 1. The molecule has 4 rings (SSSR count). The van der Waals surface area contributed by atoms with Crippen LogP contribution in [0, 0.1) is 0 Å². The van der Waals surface area contributed by atoms with Crippen molar-refractivity contribution in [2.75, 3.05) is 74.3 Å². The third-order valence-corrected chi connectivity index (χ3v) is 6.76. The minimum atomic E-state index is -0.109. The van der Waals surface area contributed by atoms with Gasteiger partial charge in [-0.3, -0.25) is 9.59 Å². The summed E-state index contributed by atoms with van der Waals surface area (Å²) in [5, 5.41) is 3.91. The molecule has 0 radical (unpaired) electrons. The first-order valence-corrected chi connectivity index (χ1v) is 11.6. The molecule has 2 aliphatic rings. The maximum Gasteiger partial charge on any atom is 0.234 e. The van der Waals surface area contributed by atoms with E-state index in [1.54, 1.807) is 16.2 Å². The SMILES string of the molecule is O=C(CSCC(=O)N1CCOCC1)Nc1ccc2nc(N3CCOCC3)sc2c1. The maximum absolute atomic E-state index is 12.2. The standard InChI is InChI=1S/C19H24N4O4S2/c24-17(12-28-13-18(25)22-3-7-26-8-4-22)20-14-1-2-15-16(11-14)29-19(21-15)23-5-9-27-10-6-23/h1-2,11H,3-10,12-13H2,(H,20,24). The molecule has 1 aromatic heterocycles. The van der Waals surface area contributed by atoms with Crippen LogP contribution in [0.3, 0.4) is 0 Å². The lowest BCUT2D eigenvalue weighted by molar-refractivity contribution is -0.132. The van der Waals surface area contributed by atoms with Crippen molar-refractivity contribution in [3.8, 4) is 0 Å². The van der Waals surface area contributed by atoms with Crippen LogP contribution < -0.4 is 10.2 Å². The maximum atomic E-state index is 12.2. The van der Waals surface area contributed by atoms with Gasteiger partial charge in [0.2, 0.25) is 11.8 Å². The van der Waals surface area contributed by atoms with Gasteiger partial charge < -0.3 is 24.6 Å². The molecule has 10 heteroatoms. The molecular weight excluding hydrogens is 412 g/mol. The highest BCUT2D eigenvalue weighted by Crippen LogP contribution is 2.31. The first-order chi connectivity index (χ1) is 14.2. The summed E-state index contributed by atoms with van der Waals surface area (Å²) in [4.78, 5) is 33.1. The molecule has 8 nitrogen and oxygen atoms in total. The second-order valence-electron chi connectivity index (χ2n) is 6.81. The second-order valence-corrected chi connectivity index (χ2v) is 8.81. The van der Waals surface area contributed by atoms with Gasteiger partial charge in [-0.1, -0.05) is 11.3 Å². The van der Waals surface area contributed by atoms with Gasteiger partial charge in [-0.05, 0) is 18.2 Å². The second kappa shape index (κ2) is 9.75. The van der Waals surface area contributed by atoms with E-state index in [9.17, 15) is 9.59 Å². The molecule has 156 valence electrons. The molecule has 0 saturated carbocycles. The highest BCUT2D eigenvalue weighted by molar-refractivity contribution is 8.00. The van der Waals surface area contributed by atoms with E-state index in [0.717, 1.165) is 47.3 Å². The molecule has 3 heterocycles. The van der Waals surface area contributed by atoms with Gasteiger partial charge in [-0.15, -0.1) is 11.8 Å². The molecule has 2 aromatic rings. The number of amides is 2. The fourth-order valence-electron chi connectivity index (χ4n) is 3.21. The molecule has 2 amide bonds. The van der Waals surface area contributed by atoms with Crippen LogP contribution in [0.2, 0.25) is 0 Å². The average Bonchev–Trinajstić information content (AvgIpc) is 3.18. The van der Waals surface area contributed by atoms with Crippen LogP contribution in [-0.4, -0.2) is 85.8 Å². The van der Waals surface area contributed by atoms with Crippen molar-refractivity contribution in [2.45, 2.75) is 0 Å². The number of nitrogens with zero attached hydrogens (tertiary/aromatic N) is 3. The number of hydrogen-bond donors (Lipinski definition) is 1. The Morgan fingerprint density at radius 1 is 1.07 bits per heavy atom. The number of thioether (sulfide) groups is 1. The number of anilines is 2. The first-order valence-electron chi connectivity index (χ1n) is 9.65. The Labute approximate surface area is 177 Å². The Morgan fingerprint density at radius 3 is 2.55 bits per heavy atom. The van der Waals surface area contributed by atoms with Gasteiger partial charge in [0.05, 0.1) is 48.1 Å². The summed E-state index contributed by atoms with van der Waals surface area (Å²) in [7, 11) is 0. The van der Waals surface area contributed by atoms with Gasteiger partial charge >= 0.3 is 0 Å². The molecule has 0 aliphatic carbocycles. The highest BCUT2D eigenvalue weighted by atomic mass is 32.2. The molecule has 2 saturated heterocycles. The van der Waals surface area contributed by atoms with Crippen LogP contribution in [0.15, 0.2) is 18.2 Å². The van der Waals surface area contributed by atoms with Crippen molar-refractivity contribution in [2.24, 2.45) is 0 Å². The topological polar surface area (TPSA) is 84.0 Å². The Morgan fingerprint density at radius 2 is 1.79 bits per heavy atom. The molecule has 1 N–H and O–H groups in total. The summed E-state index contributed by atoms with van der Waals surface area (Å²) in [6.07, 6.45) is 0. The number of morpholine rings is 2. The zero-order valence-electron chi connectivity index (χ0n) is 16.1. The third-order valence-electron chi connectivity index (χ3n) is 4.76. The van der Waals surface area contributed by atoms with Gasteiger partial charge in [0.1, 0.15) is 0 Å². The van der Waals surface area contributed by atoms with E-state index >= 15 is 0 Å². The lowest BCUT2D eigenvalue weighted by Gasteiger charge is -2.26. The van der Waals surface area contributed by atoms with Gasteiger partial charge in [0.15, 0.2) is 5.13 Å². The number of nitrogens with one attached hydrogen (secondary N) is 1. The Bertz CT molecular complexity index is 863. The predicted molar refractivity (Wildman–Crippen MR) is 116 cm³/mol. The van der Waals surface area contributed by atoms with E-state index in [4.69, 9.17) is 14.5 Å². The normalized spacial score (nSPS) is 17.5. The van der Waals surface area contributed by atoms with E-state index in [-0.39, 0.29) is 17.6 Å².